The highest BCUT2D eigenvalue weighted by molar-refractivity contribution is 5.68. The second kappa shape index (κ2) is 6.08. The van der Waals surface area contributed by atoms with Crippen LogP contribution in [0.2, 0.25) is 0 Å². The van der Waals surface area contributed by atoms with Crippen molar-refractivity contribution >= 4 is 6.09 Å². The Morgan fingerprint density at radius 2 is 2.24 bits per heavy atom. The Labute approximate surface area is 105 Å². The predicted octanol–water partition coefficient (Wildman–Crippen LogP) is 3.60. The molecule has 1 atom stereocenters. The maximum atomic E-state index is 11.9. The number of hydrogen-bond donors (Lipinski definition) is 0. The van der Waals surface area contributed by atoms with Gasteiger partial charge in [-0.2, -0.15) is 0 Å². The molecule has 1 aliphatic heterocycles. The second-order valence-electron chi connectivity index (χ2n) is 5.80. The van der Waals surface area contributed by atoms with Crippen LogP contribution in [0.25, 0.3) is 0 Å². The van der Waals surface area contributed by atoms with Gasteiger partial charge in [0.15, 0.2) is 0 Å². The van der Waals surface area contributed by atoms with Crippen molar-refractivity contribution in [2.45, 2.75) is 52.1 Å². The third kappa shape index (κ3) is 5.24. The SMILES string of the molecule is C=CCC[C@@H]1CCCN(C(=O)OC(C)(C)C)C1. The molecule has 98 valence electrons. The van der Waals surface area contributed by atoms with Gasteiger partial charge in [-0.3, -0.25) is 0 Å². The predicted molar refractivity (Wildman–Crippen MR) is 70.0 cm³/mol. The first kappa shape index (κ1) is 14.1. The molecule has 3 nitrogen and oxygen atoms in total. The van der Waals surface area contributed by atoms with Gasteiger partial charge in [0.2, 0.25) is 0 Å². The van der Waals surface area contributed by atoms with Crippen LogP contribution in [0.1, 0.15) is 46.5 Å². The molecule has 0 aliphatic carbocycles. The molecular weight excluding hydrogens is 214 g/mol. The summed E-state index contributed by atoms with van der Waals surface area (Å²) in [6, 6.07) is 0. The van der Waals surface area contributed by atoms with Crippen molar-refractivity contribution in [2.75, 3.05) is 13.1 Å². The lowest BCUT2D eigenvalue weighted by Gasteiger charge is -2.34. The van der Waals surface area contributed by atoms with E-state index in [0.717, 1.165) is 32.4 Å². The summed E-state index contributed by atoms with van der Waals surface area (Å²) < 4.78 is 5.40. The van der Waals surface area contributed by atoms with Crippen molar-refractivity contribution in [1.82, 2.24) is 4.90 Å². The van der Waals surface area contributed by atoms with Crippen LogP contribution in [0, 0.1) is 5.92 Å². The molecule has 0 spiro atoms. The van der Waals surface area contributed by atoms with E-state index < -0.39 is 5.60 Å². The third-order valence-corrected chi connectivity index (χ3v) is 2.95. The van der Waals surface area contributed by atoms with Crippen molar-refractivity contribution in [3.05, 3.63) is 12.7 Å². The normalized spacial score (nSPS) is 21.1. The number of ether oxygens (including phenoxy) is 1. The Kier molecular flexibility index (Phi) is 5.03. The monoisotopic (exact) mass is 239 g/mol. The standard InChI is InChI=1S/C14H25NO2/c1-5-6-8-12-9-7-10-15(11-12)13(16)17-14(2,3)4/h5,12H,1,6-11H2,2-4H3/t12-/m1/s1. The number of carbonyl (C=O) groups excluding carboxylic acids is 1. The number of allylic oxidation sites excluding steroid dienone is 1. The summed E-state index contributed by atoms with van der Waals surface area (Å²) in [6.45, 7) is 11.1. The molecule has 1 amide bonds. The van der Waals surface area contributed by atoms with Crippen LogP contribution in [-0.2, 0) is 4.74 Å². The summed E-state index contributed by atoms with van der Waals surface area (Å²) in [6.07, 6.45) is 6.25. The molecule has 0 aromatic heterocycles. The van der Waals surface area contributed by atoms with Crippen LogP contribution in [0.4, 0.5) is 4.79 Å². The first-order valence-corrected chi connectivity index (χ1v) is 6.51. The Hall–Kier alpha value is -0.990. The largest absolute Gasteiger partial charge is 0.444 e. The molecule has 1 saturated heterocycles. The molecule has 0 aromatic carbocycles. The Morgan fingerprint density at radius 1 is 1.53 bits per heavy atom. The van der Waals surface area contributed by atoms with E-state index in [0.29, 0.717) is 5.92 Å². The number of amides is 1. The van der Waals surface area contributed by atoms with Crippen LogP contribution in [-0.4, -0.2) is 29.7 Å². The number of likely N-dealkylation sites (tertiary alicyclic amines) is 1. The minimum Gasteiger partial charge on any atom is -0.444 e. The lowest BCUT2D eigenvalue weighted by Crippen LogP contribution is -2.42. The summed E-state index contributed by atoms with van der Waals surface area (Å²) in [7, 11) is 0. The molecule has 0 N–H and O–H groups in total. The van der Waals surface area contributed by atoms with Crippen LogP contribution >= 0.6 is 0 Å². The number of nitrogens with zero attached hydrogens (tertiary/aromatic N) is 1. The van der Waals surface area contributed by atoms with Gasteiger partial charge in [-0.05, 0) is 52.4 Å². The quantitative estimate of drug-likeness (QED) is 0.704. The lowest BCUT2D eigenvalue weighted by atomic mass is 9.94. The maximum Gasteiger partial charge on any atom is 0.410 e. The van der Waals surface area contributed by atoms with Gasteiger partial charge in [-0.15, -0.1) is 6.58 Å². The molecular formula is C14H25NO2. The van der Waals surface area contributed by atoms with Crippen LogP contribution in [0.3, 0.4) is 0 Å². The zero-order valence-corrected chi connectivity index (χ0v) is 11.4. The van der Waals surface area contributed by atoms with E-state index in [2.05, 4.69) is 6.58 Å². The molecule has 0 radical (unpaired) electrons. The van der Waals surface area contributed by atoms with E-state index in [4.69, 9.17) is 4.74 Å². The van der Waals surface area contributed by atoms with Gasteiger partial charge in [-0.25, -0.2) is 4.79 Å². The average Bonchev–Trinajstić information content (AvgIpc) is 2.24. The molecule has 1 aliphatic rings. The Balaban J connectivity index is 2.43. The van der Waals surface area contributed by atoms with Crippen molar-refractivity contribution in [3.8, 4) is 0 Å². The van der Waals surface area contributed by atoms with E-state index in [-0.39, 0.29) is 6.09 Å². The Bertz CT molecular complexity index is 268. The van der Waals surface area contributed by atoms with Gasteiger partial charge in [0.05, 0.1) is 0 Å². The minimum atomic E-state index is -0.398. The van der Waals surface area contributed by atoms with Crippen LogP contribution < -0.4 is 0 Å². The summed E-state index contributed by atoms with van der Waals surface area (Å²) in [5, 5.41) is 0. The maximum absolute atomic E-state index is 11.9. The van der Waals surface area contributed by atoms with Gasteiger partial charge < -0.3 is 9.64 Å². The zero-order valence-electron chi connectivity index (χ0n) is 11.4. The van der Waals surface area contributed by atoms with Gasteiger partial charge in [0.25, 0.3) is 0 Å². The van der Waals surface area contributed by atoms with Crippen molar-refractivity contribution in [1.29, 1.82) is 0 Å². The summed E-state index contributed by atoms with van der Waals surface area (Å²) in [4.78, 5) is 13.8. The van der Waals surface area contributed by atoms with Gasteiger partial charge in [0, 0.05) is 13.1 Å². The molecule has 0 unspecified atom stereocenters. The Morgan fingerprint density at radius 3 is 2.82 bits per heavy atom. The summed E-state index contributed by atoms with van der Waals surface area (Å²) >= 11 is 0. The molecule has 0 bridgehead atoms. The second-order valence-corrected chi connectivity index (χ2v) is 5.80. The molecule has 1 rings (SSSR count). The third-order valence-electron chi connectivity index (χ3n) is 2.95. The average molecular weight is 239 g/mol. The molecule has 0 saturated carbocycles. The van der Waals surface area contributed by atoms with E-state index in [9.17, 15) is 4.79 Å². The summed E-state index contributed by atoms with van der Waals surface area (Å²) in [5.74, 6) is 0.606. The van der Waals surface area contributed by atoms with E-state index in [1.165, 1.54) is 6.42 Å². The van der Waals surface area contributed by atoms with Gasteiger partial charge >= 0.3 is 6.09 Å². The smallest absolute Gasteiger partial charge is 0.410 e. The molecule has 1 heterocycles. The fourth-order valence-electron chi connectivity index (χ4n) is 2.15. The summed E-state index contributed by atoms with van der Waals surface area (Å²) in [5.41, 5.74) is -0.398. The number of hydrogen-bond acceptors (Lipinski definition) is 2. The topological polar surface area (TPSA) is 29.5 Å². The highest BCUT2D eigenvalue weighted by Gasteiger charge is 2.27. The minimum absolute atomic E-state index is 0.166. The first-order valence-electron chi connectivity index (χ1n) is 6.51. The van der Waals surface area contributed by atoms with Gasteiger partial charge in [-0.1, -0.05) is 6.08 Å². The highest BCUT2D eigenvalue weighted by atomic mass is 16.6. The molecule has 0 aromatic rings. The fraction of sp³-hybridized carbons (Fsp3) is 0.786. The van der Waals surface area contributed by atoms with Crippen molar-refractivity contribution in [3.63, 3.8) is 0 Å². The van der Waals surface area contributed by atoms with E-state index >= 15 is 0 Å². The van der Waals surface area contributed by atoms with Gasteiger partial charge in [0.1, 0.15) is 5.60 Å². The molecule has 3 heteroatoms. The lowest BCUT2D eigenvalue weighted by molar-refractivity contribution is 0.0162. The highest BCUT2D eigenvalue weighted by Crippen LogP contribution is 2.22. The van der Waals surface area contributed by atoms with Crippen molar-refractivity contribution in [2.24, 2.45) is 5.92 Å². The van der Waals surface area contributed by atoms with E-state index in [1.54, 1.807) is 0 Å². The van der Waals surface area contributed by atoms with Crippen molar-refractivity contribution < 1.29 is 9.53 Å². The number of carbonyl (C=O) groups is 1. The fourth-order valence-corrected chi connectivity index (χ4v) is 2.15. The first-order chi connectivity index (χ1) is 7.92. The molecule has 17 heavy (non-hydrogen) atoms. The van der Waals surface area contributed by atoms with Crippen LogP contribution in [0.5, 0.6) is 0 Å². The zero-order chi connectivity index (χ0) is 12.9. The number of rotatable bonds is 3. The molecule has 1 fully saturated rings. The van der Waals surface area contributed by atoms with Crippen LogP contribution in [0.15, 0.2) is 12.7 Å². The number of piperidine rings is 1. The van der Waals surface area contributed by atoms with E-state index in [1.807, 2.05) is 31.7 Å².